The molecule has 2 rings (SSSR count). The first kappa shape index (κ1) is 53.9. The van der Waals surface area contributed by atoms with E-state index in [2.05, 4.69) is 26.6 Å². The first-order valence-corrected chi connectivity index (χ1v) is 21.0. The van der Waals surface area contributed by atoms with Crippen molar-refractivity contribution in [2.75, 3.05) is 46.1 Å². The fourth-order valence-electron chi connectivity index (χ4n) is 6.10. The summed E-state index contributed by atoms with van der Waals surface area (Å²) in [6.45, 7) is 3.40. The van der Waals surface area contributed by atoms with Crippen LogP contribution < -0.4 is 26.6 Å². The molecule has 1 aliphatic heterocycles. The van der Waals surface area contributed by atoms with Crippen LogP contribution in [0.25, 0.3) is 0 Å². The molecule has 1 fully saturated rings. The van der Waals surface area contributed by atoms with Gasteiger partial charge in [-0.3, -0.25) is 48.0 Å². The molecule has 356 valence electrons. The van der Waals surface area contributed by atoms with Crippen molar-refractivity contribution < 1.29 is 82.7 Å². The van der Waals surface area contributed by atoms with E-state index in [1.807, 2.05) is 13.0 Å². The van der Waals surface area contributed by atoms with Crippen LogP contribution in [0.5, 0.6) is 0 Å². The van der Waals surface area contributed by atoms with Gasteiger partial charge in [0.15, 0.2) is 0 Å². The van der Waals surface area contributed by atoms with Gasteiger partial charge in [-0.05, 0) is 70.4 Å². The molecule has 4 atom stereocenters. The van der Waals surface area contributed by atoms with Crippen molar-refractivity contribution in [3.05, 3.63) is 35.4 Å². The van der Waals surface area contributed by atoms with E-state index in [0.29, 0.717) is 44.6 Å². The third-order valence-corrected chi connectivity index (χ3v) is 9.51. The molecule has 0 radical (unpaired) electrons. The lowest BCUT2D eigenvalue weighted by Crippen LogP contribution is -2.58. The number of unbranched alkanes of at least 4 members (excludes halogenated alkanes) is 1. The van der Waals surface area contributed by atoms with Gasteiger partial charge >= 0.3 is 23.9 Å². The number of ether oxygens (including phenoxy) is 2. The van der Waals surface area contributed by atoms with Gasteiger partial charge in [-0.15, -0.1) is 0 Å². The Morgan fingerprint density at radius 3 is 1.70 bits per heavy atom. The molecule has 0 spiro atoms. The van der Waals surface area contributed by atoms with Crippen molar-refractivity contribution in [1.29, 1.82) is 0 Å². The van der Waals surface area contributed by atoms with Crippen LogP contribution >= 0.6 is 0 Å². The Balaban J connectivity index is 1.97. The number of carbonyl (C=O) groups excluding carboxylic acids is 6. The van der Waals surface area contributed by atoms with Crippen LogP contribution in [-0.2, 0) is 57.5 Å². The van der Waals surface area contributed by atoms with Gasteiger partial charge in [0.05, 0.1) is 26.4 Å². The molecule has 1 saturated heterocycles. The molecule has 0 saturated carbocycles. The zero-order chi connectivity index (χ0) is 47.4. The standard InChI is InChI=1S/C41H60N6O17/c1-26-7-4-8-27(25-26)37(56)42-18-3-2-9-31(41(60)61)46-40(59)30(13-16-36(54)55)45-39(58)29(12-15-35(52)53)44-38(57)28(11-14-34(50)51)43-32(48)17-22-63-24-23-62-20-6-21-64-47-19-5-10-33(47)49/h4,7-8,25,28-31H,2-3,5-6,9-24H2,1H3,(H,42,56)(H,43,48)(H,44,57)(H,45,58)(H,46,59)(H,50,51)(H,52,53)(H,54,55)(H,60,61). The van der Waals surface area contributed by atoms with Crippen LogP contribution in [0.1, 0.15) is 99.4 Å². The van der Waals surface area contributed by atoms with Gasteiger partial charge in [-0.1, -0.05) is 17.7 Å². The largest absolute Gasteiger partial charge is 0.481 e. The number of carboxylic acid groups (broad SMARTS) is 4. The summed E-state index contributed by atoms with van der Waals surface area (Å²) < 4.78 is 10.8. The molecule has 1 heterocycles. The number of hydrogen-bond donors (Lipinski definition) is 9. The second-order valence-electron chi connectivity index (χ2n) is 14.8. The number of nitrogens with zero attached hydrogens (tertiary/aromatic N) is 1. The summed E-state index contributed by atoms with van der Waals surface area (Å²) in [5, 5.41) is 51.0. The van der Waals surface area contributed by atoms with Crippen LogP contribution in [0, 0.1) is 6.92 Å². The van der Waals surface area contributed by atoms with E-state index in [1.165, 1.54) is 5.06 Å². The molecule has 0 aliphatic carbocycles. The second-order valence-corrected chi connectivity index (χ2v) is 14.8. The highest BCUT2D eigenvalue weighted by Crippen LogP contribution is 2.11. The highest BCUT2D eigenvalue weighted by atomic mass is 16.7. The third kappa shape index (κ3) is 22.8. The van der Waals surface area contributed by atoms with E-state index >= 15 is 0 Å². The van der Waals surface area contributed by atoms with Gasteiger partial charge < -0.3 is 56.5 Å². The maximum absolute atomic E-state index is 13.5. The number of aliphatic carboxylic acids is 4. The minimum atomic E-state index is -1.70. The molecule has 1 aromatic carbocycles. The average molecular weight is 909 g/mol. The number of carboxylic acids is 4. The maximum atomic E-state index is 13.5. The number of carbonyl (C=O) groups is 10. The lowest BCUT2D eigenvalue weighted by atomic mass is 10.0. The fourth-order valence-corrected chi connectivity index (χ4v) is 6.10. The number of hydrogen-bond acceptors (Lipinski definition) is 13. The number of amides is 6. The van der Waals surface area contributed by atoms with Crippen LogP contribution in [0.3, 0.4) is 0 Å². The van der Waals surface area contributed by atoms with Crippen LogP contribution in [-0.4, -0.2) is 155 Å². The molecule has 1 aliphatic rings. The number of hydroxylamine groups is 2. The van der Waals surface area contributed by atoms with Gasteiger partial charge in [-0.2, -0.15) is 0 Å². The summed E-state index contributed by atoms with van der Waals surface area (Å²) in [6, 6.07) is 0.521. The highest BCUT2D eigenvalue weighted by molar-refractivity contribution is 5.96. The van der Waals surface area contributed by atoms with Gasteiger partial charge in [0.25, 0.3) is 5.91 Å². The lowest BCUT2D eigenvalue weighted by molar-refractivity contribution is -0.178. The Hall–Kier alpha value is -6.20. The van der Waals surface area contributed by atoms with Crippen molar-refractivity contribution in [2.24, 2.45) is 0 Å². The van der Waals surface area contributed by atoms with Gasteiger partial charge in [0, 0.05) is 57.4 Å². The fraction of sp³-hybridized carbons (Fsp3) is 0.610. The summed E-state index contributed by atoms with van der Waals surface area (Å²) in [6.07, 6.45) is -1.55. The Kier molecular flexibility index (Phi) is 25.3. The summed E-state index contributed by atoms with van der Waals surface area (Å²) in [7, 11) is 0. The molecule has 64 heavy (non-hydrogen) atoms. The summed E-state index contributed by atoms with van der Waals surface area (Å²) in [4.78, 5) is 129. The van der Waals surface area contributed by atoms with Crippen molar-refractivity contribution in [2.45, 2.75) is 115 Å². The Labute approximate surface area is 369 Å². The van der Waals surface area contributed by atoms with Crippen LogP contribution in [0.15, 0.2) is 24.3 Å². The molecular formula is C41H60N6O17. The van der Waals surface area contributed by atoms with E-state index < -0.39 is 110 Å². The number of rotatable bonds is 34. The number of aryl methyl sites for hydroxylation is 1. The molecule has 23 heteroatoms. The molecule has 0 aromatic heterocycles. The Morgan fingerprint density at radius 2 is 1.19 bits per heavy atom. The topological polar surface area (TPSA) is 343 Å². The monoisotopic (exact) mass is 908 g/mol. The zero-order valence-electron chi connectivity index (χ0n) is 35.8. The normalized spacial score (nSPS) is 14.1. The van der Waals surface area contributed by atoms with Crippen molar-refractivity contribution in [3.63, 3.8) is 0 Å². The smallest absolute Gasteiger partial charge is 0.326 e. The van der Waals surface area contributed by atoms with Crippen LogP contribution in [0.4, 0.5) is 0 Å². The molecule has 1 aromatic rings. The van der Waals surface area contributed by atoms with Crippen molar-refractivity contribution in [3.8, 4) is 0 Å². The predicted octanol–water partition coefficient (Wildman–Crippen LogP) is -0.119. The maximum Gasteiger partial charge on any atom is 0.326 e. The zero-order valence-corrected chi connectivity index (χ0v) is 35.8. The molecule has 6 amide bonds. The number of benzene rings is 1. The van der Waals surface area contributed by atoms with Gasteiger partial charge in [0.2, 0.25) is 29.5 Å². The third-order valence-electron chi connectivity index (χ3n) is 9.51. The summed E-state index contributed by atoms with van der Waals surface area (Å²) >= 11 is 0. The summed E-state index contributed by atoms with van der Waals surface area (Å²) in [5.41, 5.74) is 1.34. The first-order chi connectivity index (χ1) is 30.5. The van der Waals surface area contributed by atoms with E-state index in [0.717, 1.165) is 12.0 Å². The van der Waals surface area contributed by atoms with Crippen LogP contribution in [0.2, 0.25) is 0 Å². The lowest BCUT2D eigenvalue weighted by Gasteiger charge is -2.26. The molecule has 9 N–H and O–H groups in total. The Bertz CT molecular complexity index is 1760. The minimum Gasteiger partial charge on any atom is -0.481 e. The second kappa shape index (κ2) is 30.0. The molecular weight excluding hydrogens is 848 g/mol. The van der Waals surface area contributed by atoms with Gasteiger partial charge in [0.1, 0.15) is 24.2 Å². The van der Waals surface area contributed by atoms with E-state index in [1.54, 1.807) is 18.2 Å². The molecule has 23 nitrogen and oxygen atoms in total. The van der Waals surface area contributed by atoms with E-state index in [9.17, 15) is 68.4 Å². The summed E-state index contributed by atoms with van der Waals surface area (Å²) in [5.74, 6) is -9.91. The minimum absolute atomic E-state index is 0.0587. The quantitative estimate of drug-likeness (QED) is 0.0407. The molecule has 4 unspecified atom stereocenters. The van der Waals surface area contributed by atoms with E-state index in [-0.39, 0.29) is 57.4 Å². The average Bonchev–Trinajstić information content (AvgIpc) is 3.65. The number of nitrogens with one attached hydrogen (secondary N) is 5. The predicted molar refractivity (Wildman–Crippen MR) is 221 cm³/mol. The molecule has 0 bridgehead atoms. The van der Waals surface area contributed by atoms with E-state index in [4.69, 9.17) is 14.3 Å². The highest BCUT2D eigenvalue weighted by Gasteiger charge is 2.32. The SMILES string of the molecule is Cc1cccc(C(=O)NCCCCC(NC(=O)C(CCC(=O)O)NC(=O)C(CCC(=O)O)NC(=O)C(CCC(=O)O)NC(=O)CCOCCOCCCON2CCCC2=O)C(=O)O)c1. The van der Waals surface area contributed by atoms with Crippen molar-refractivity contribution >= 4 is 59.3 Å². The first-order valence-electron chi connectivity index (χ1n) is 21.0. The van der Waals surface area contributed by atoms with Crippen molar-refractivity contribution in [1.82, 2.24) is 31.6 Å². The van der Waals surface area contributed by atoms with Gasteiger partial charge in [-0.25, -0.2) is 9.86 Å². The Morgan fingerprint density at radius 1 is 0.641 bits per heavy atom.